The van der Waals surface area contributed by atoms with E-state index in [1.807, 2.05) is 0 Å². The van der Waals surface area contributed by atoms with Crippen molar-refractivity contribution in [1.29, 1.82) is 0 Å². The van der Waals surface area contributed by atoms with Crippen molar-refractivity contribution in [3.8, 4) is 0 Å². The van der Waals surface area contributed by atoms with Crippen LogP contribution in [-0.2, 0) is 19.1 Å². The van der Waals surface area contributed by atoms with Gasteiger partial charge in [0, 0.05) is 33.4 Å². The van der Waals surface area contributed by atoms with Gasteiger partial charge in [-0.2, -0.15) is 0 Å². The second-order valence-electron chi connectivity index (χ2n) is 4.85. The summed E-state index contributed by atoms with van der Waals surface area (Å²) < 4.78 is 10.4. The van der Waals surface area contributed by atoms with Crippen molar-refractivity contribution in [2.75, 3.05) is 46.5 Å². The van der Waals surface area contributed by atoms with Crippen molar-refractivity contribution in [2.45, 2.75) is 25.4 Å². The summed E-state index contributed by atoms with van der Waals surface area (Å²) >= 11 is 0. The van der Waals surface area contributed by atoms with Gasteiger partial charge in [-0.05, 0) is 12.8 Å². The number of rotatable bonds is 10. The number of hydrogen-bond donors (Lipinski definition) is 2. The van der Waals surface area contributed by atoms with E-state index in [1.165, 1.54) is 0 Å². The normalized spacial score (nSPS) is 18.4. The Labute approximate surface area is 119 Å². The van der Waals surface area contributed by atoms with Gasteiger partial charge in [0.2, 0.25) is 5.91 Å². The average molecular weight is 288 g/mol. The number of nitrogens with one attached hydrogen (secondary N) is 1. The zero-order valence-corrected chi connectivity index (χ0v) is 12.0. The summed E-state index contributed by atoms with van der Waals surface area (Å²) in [5, 5.41) is 11.5. The molecule has 1 aliphatic rings. The zero-order valence-electron chi connectivity index (χ0n) is 12.0. The first-order chi connectivity index (χ1) is 9.61. The monoisotopic (exact) mass is 288 g/mol. The Morgan fingerprint density at radius 2 is 2.25 bits per heavy atom. The van der Waals surface area contributed by atoms with E-state index >= 15 is 0 Å². The molecule has 0 aromatic rings. The van der Waals surface area contributed by atoms with Crippen molar-refractivity contribution >= 4 is 11.9 Å². The highest BCUT2D eigenvalue weighted by Crippen LogP contribution is 2.10. The largest absolute Gasteiger partial charge is 0.481 e. The molecule has 0 bridgehead atoms. The van der Waals surface area contributed by atoms with Crippen LogP contribution in [0.15, 0.2) is 0 Å². The predicted molar refractivity (Wildman–Crippen MR) is 72.6 cm³/mol. The molecule has 1 amide bonds. The quantitative estimate of drug-likeness (QED) is 0.574. The number of aliphatic carboxylic acids is 1. The minimum atomic E-state index is -0.868. The molecule has 2 N–H and O–H groups in total. The Bertz CT molecular complexity index is 305. The Morgan fingerprint density at radius 3 is 2.85 bits per heavy atom. The fourth-order valence-corrected chi connectivity index (χ4v) is 2.04. The van der Waals surface area contributed by atoms with Crippen LogP contribution in [0.5, 0.6) is 0 Å². The van der Waals surface area contributed by atoms with Crippen LogP contribution >= 0.6 is 0 Å². The van der Waals surface area contributed by atoms with Gasteiger partial charge in [-0.3, -0.25) is 14.5 Å². The van der Waals surface area contributed by atoms with E-state index in [2.05, 4.69) is 5.32 Å². The van der Waals surface area contributed by atoms with E-state index in [0.29, 0.717) is 26.2 Å². The lowest BCUT2D eigenvalue weighted by Gasteiger charge is -2.21. The number of ether oxygens (including phenoxy) is 2. The number of amides is 1. The second kappa shape index (κ2) is 9.68. The van der Waals surface area contributed by atoms with Crippen molar-refractivity contribution < 1.29 is 24.2 Å². The smallest absolute Gasteiger partial charge is 0.304 e. The molecule has 1 heterocycles. The molecule has 116 valence electrons. The summed E-state index contributed by atoms with van der Waals surface area (Å²) in [6.07, 6.45) is 2.15. The van der Waals surface area contributed by atoms with Crippen molar-refractivity contribution in [2.24, 2.45) is 0 Å². The summed E-state index contributed by atoms with van der Waals surface area (Å²) in [5.41, 5.74) is 0. The summed E-state index contributed by atoms with van der Waals surface area (Å²) in [5.74, 6) is -0.978. The van der Waals surface area contributed by atoms with Crippen LogP contribution in [0.2, 0.25) is 0 Å². The van der Waals surface area contributed by atoms with Gasteiger partial charge in [-0.25, -0.2) is 0 Å². The molecular weight excluding hydrogens is 264 g/mol. The number of carboxylic acids is 1. The molecule has 1 saturated heterocycles. The first-order valence-corrected chi connectivity index (χ1v) is 6.93. The molecule has 1 rings (SSSR count). The maximum atomic E-state index is 11.8. The topological polar surface area (TPSA) is 88.1 Å². The fourth-order valence-electron chi connectivity index (χ4n) is 2.04. The molecule has 0 spiro atoms. The molecular formula is C13H24N2O5. The number of carboxylic acid groups (broad SMARTS) is 1. The Balaban J connectivity index is 2.25. The third-order valence-electron chi connectivity index (χ3n) is 3.17. The van der Waals surface area contributed by atoms with Gasteiger partial charge in [-0.1, -0.05) is 0 Å². The number of carbonyl (C=O) groups excluding carboxylic acids is 1. The highest BCUT2D eigenvalue weighted by molar-refractivity contribution is 5.78. The summed E-state index contributed by atoms with van der Waals surface area (Å²) in [6.45, 7) is 2.82. The highest BCUT2D eigenvalue weighted by Gasteiger charge is 2.17. The van der Waals surface area contributed by atoms with E-state index in [-0.39, 0.29) is 25.0 Å². The molecule has 0 aliphatic carbocycles. The van der Waals surface area contributed by atoms with Crippen molar-refractivity contribution in [3.63, 3.8) is 0 Å². The molecule has 7 nitrogen and oxygen atoms in total. The van der Waals surface area contributed by atoms with Gasteiger partial charge >= 0.3 is 5.97 Å². The highest BCUT2D eigenvalue weighted by atomic mass is 16.5. The molecule has 0 saturated carbocycles. The van der Waals surface area contributed by atoms with Gasteiger partial charge in [0.05, 0.1) is 25.7 Å². The predicted octanol–water partition coefficient (Wildman–Crippen LogP) is -0.295. The standard InChI is InChI=1S/C13H24N2O5/c1-19-8-6-15(5-4-13(17)18)10-12(16)14-9-11-3-2-7-20-11/h11H,2-10H2,1H3,(H,14,16)(H,17,18). The number of methoxy groups -OCH3 is 1. The number of nitrogens with zero attached hydrogens (tertiary/aromatic N) is 1. The van der Waals surface area contributed by atoms with Gasteiger partial charge in [0.25, 0.3) is 0 Å². The minimum absolute atomic E-state index is 0.0166. The van der Waals surface area contributed by atoms with E-state index in [1.54, 1.807) is 12.0 Å². The van der Waals surface area contributed by atoms with Crippen molar-refractivity contribution in [3.05, 3.63) is 0 Å². The third kappa shape index (κ3) is 7.42. The van der Waals surface area contributed by atoms with Gasteiger partial charge in [0.1, 0.15) is 0 Å². The van der Waals surface area contributed by atoms with Crippen LogP contribution in [0.25, 0.3) is 0 Å². The zero-order chi connectivity index (χ0) is 14.8. The van der Waals surface area contributed by atoms with E-state index in [4.69, 9.17) is 14.6 Å². The van der Waals surface area contributed by atoms with Gasteiger partial charge in [0.15, 0.2) is 0 Å². The van der Waals surface area contributed by atoms with Gasteiger partial charge < -0.3 is 19.9 Å². The molecule has 0 radical (unpaired) electrons. The van der Waals surface area contributed by atoms with Crippen LogP contribution in [0.3, 0.4) is 0 Å². The average Bonchev–Trinajstić information content (AvgIpc) is 2.92. The molecule has 7 heteroatoms. The van der Waals surface area contributed by atoms with E-state index < -0.39 is 5.97 Å². The van der Waals surface area contributed by atoms with Crippen LogP contribution in [-0.4, -0.2) is 74.5 Å². The van der Waals surface area contributed by atoms with Crippen LogP contribution < -0.4 is 5.32 Å². The maximum Gasteiger partial charge on any atom is 0.304 e. The molecule has 20 heavy (non-hydrogen) atoms. The van der Waals surface area contributed by atoms with Crippen LogP contribution in [0.1, 0.15) is 19.3 Å². The van der Waals surface area contributed by atoms with E-state index in [0.717, 1.165) is 19.4 Å². The third-order valence-corrected chi connectivity index (χ3v) is 3.17. The Kier molecular flexibility index (Phi) is 8.17. The van der Waals surface area contributed by atoms with Crippen LogP contribution in [0, 0.1) is 0 Å². The lowest BCUT2D eigenvalue weighted by molar-refractivity contribution is -0.137. The molecule has 0 aromatic carbocycles. The summed E-state index contributed by atoms with van der Waals surface area (Å²) in [4.78, 5) is 24.2. The Hall–Kier alpha value is -1.18. The lowest BCUT2D eigenvalue weighted by atomic mass is 10.2. The Morgan fingerprint density at radius 1 is 1.45 bits per heavy atom. The second-order valence-corrected chi connectivity index (χ2v) is 4.85. The molecule has 1 fully saturated rings. The first-order valence-electron chi connectivity index (χ1n) is 6.93. The van der Waals surface area contributed by atoms with Crippen LogP contribution in [0.4, 0.5) is 0 Å². The first kappa shape index (κ1) is 16.9. The molecule has 1 unspecified atom stereocenters. The molecule has 1 atom stereocenters. The maximum absolute atomic E-state index is 11.8. The molecule has 0 aromatic heterocycles. The lowest BCUT2D eigenvalue weighted by Crippen LogP contribution is -2.42. The SMILES string of the molecule is COCCN(CCC(=O)O)CC(=O)NCC1CCCO1. The van der Waals surface area contributed by atoms with Crippen molar-refractivity contribution in [1.82, 2.24) is 10.2 Å². The number of carbonyl (C=O) groups is 2. The molecule has 1 aliphatic heterocycles. The minimum Gasteiger partial charge on any atom is -0.481 e. The van der Waals surface area contributed by atoms with Gasteiger partial charge in [-0.15, -0.1) is 0 Å². The number of hydrogen-bond acceptors (Lipinski definition) is 5. The summed E-state index contributed by atoms with van der Waals surface area (Å²) in [7, 11) is 1.58. The fraction of sp³-hybridized carbons (Fsp3) is 0.846. The van der Waals surface area contributed by atoms with E-state index in [9.17, 15) is 9.59 Å². The summed E-state index contributed by atoms with van der Waals surface area (Å²) in [6, 6.07) is 0.